The third-order valence-corrected chi connectivity index (χ3v) is 8.57. The molecule has 1 atom stereocenters. The van der Waals surface area contributed by atoms with Crippen LogP contribution < -0.4 is 4.90 Å². The third-order valence-electron chi connectivity index (χ3n) is 6.66. The molecule has 0 spiro atoms. The number of imidazole rings is 2. The SMILES string of the molecule is CCN(C1Cc2cc(-c3ccccc3)ccc2N(Cc2cncn2C)C1)S(=O)(=O)c1cn(C)cn1. The molecular weight excluding hydrogens is 460 g/mol. The molecule has 182 valence electrons. The summed E-state index contributed by atoms with van der Waals surface area (Å²) in [6.07, 6.45) is 7.38. The van der Waals surface area contributed by atoms with E-state index in [0.29, 0.717) is 26.1 Å². The van der Waals surface area contributed by atoms with Gasteiger partial charge in [0.05, 0.1) is 24.9 Å². The lowest BCUT2D eigenvalue weighted by Crippen LogP contribution is -2.50. The van der Waals surface area contributed by atoms with Gasteiger partial charge in [-0.1, -0.05) is 43.3 Å². The molecule has 0 radical (unpaired) electrons. The first-order valence-corrected chi connectivity index (χ1v) is 13.2. The number of anilines is 1. The van der Waals surface area contributed by atoms with Crippen molar-refractivity contribution in [3.63, 3.8) is 0 Å². The normalized spacial score (nSPS) is 16.0. The molecule has 0 fully saturated rings. The Morgan fingerprint density at radius 1 is 1.06 bits per heavy atom. The van der Waals surface area contributed by atoms with Crippen LogP contribution in [0.3, 0.4) is 0 Å². The Bertz CT molecular complexity index is 1430. The maximum absolute atomic E-state index is 13.6. The quantitative estimate of drug-likeness (QED) is 0.397. The summed E-state index contributed by atoms with van der Waals surface area (Å²) < 4.78 is 32.4. The van der Waals surface area contributed by atoms with E-state index in [2.05, 4.69) is 45.2 Å². The van der Waals surface area contributed by atoms with E-state index in [1.54, 1.807) is 28.4 Å². The summed E-state index contributed by atoms with van der Waals surface area (Å²) in [6.45, 7) is 3.49. The van der Waals surface area contributed by atoms with Gasteiger partial charge in [-0.15, -0.1) is 0 Å². The van der Waals surface area contributed by atoms with Crippen molar-refractivity contribution >= 4 is 15.7 Å². The lowest BCUT2D eigenvalue weighted by Gasteiger charge is -2.40. The number of fused-ring (bicyclic) bond motifs is 1. The molecule has 2 aromatic carbocycles. The van der Waals surface area contributed by atoms with Gasteiger partial charge in [0.1, 0.15) is 0 Å². The minimum atomic E-state index is -3.73. The highest BCUT2D eigenvalue weighted by Gasteiger charge is 2.36. The Morgan fingerprint density at radius 3 is 2.51 bits per heavy atom. The fourth-order valence-electron chi connectivity index (χ4n) is 4.88. The minimum Gasteiger partial charge on any atom is -0.364 e. The van der Waals surface area contributed by atoms with E-state index >= 15 is 0 Å². The van der Waals surface area contributed by atoms with E-state index in [9.17, 15) is 8.42 Å². The number of sulfonamides is 1. The van der Waals surface area contributed by atoms with Crippen molar-refractivity contribution in [3.05, 3.63) is 84.8 Å². The Hall–Kier alpha value is -3.43. The van der Waals surface area contributed by atoms with E-state index in [1.807, 2.05) is 42.9 Å². The zero-order chi connectivity index (χ0) is 24.6. The second-order valence-electron chi connectivity index (χ2n) is 9.03. The second kappa shape index (κ2) is 9.31. The molecule has 0 aliphatic carbocycles. The average Bonchev–Trinajstić information content (AvgIpc) is 3.48. The molecule has 9 heteroatoms. The molecule has 8 nitrogen and oxygen atoms in total. The summed E-state index contributed by atoms with van der Waals surface area (Å²) in [5, 5.41) is 0.0869. The molecule has 0 N–H and O–H groups in total. The number of rotatable bonds is 7. The van der Waals surface area contributed by atoms with Crippen LogP contribution in [0.1, 0.15) is 18.2 Å². The molecule has 35 heavy (non-hydrogen) atoms. The highest BCUT2D eigenvalue weighted by molar-refractivity contribution is 7.89. The van der Waals surface area contributed by atoms with Gasteiger partial charge < -0.3 is 14.0 Å². The van der Waals surface area contributed by atoms with Crippen LogP contribution in [0.25, 0.3) is 11.1 Å². The highest BCUT2D eigenvalue weighted by atomic mass is 32.2. The zero-order valence-corrected chi connectivity index (χ0v) is 21.1. The molecule has 1 aliphatic heterocycles. The van der Waals surface area contributed by atoms with Crippen LogP contribution in [-0.4, -0.2) is 51.0 Å². The molecule has 3 heterocycles. The molecule has 2 aromatic heterocycles. The van der Waals surface area contributed by atoms with Gasteiger partial charge in [0.2, 0.25) is 0 Å². The van der Waals surface area contributed by atoms with E-state index in [-0.39, 0.29) is 11.1 Å². The van der Waals surface area contributed by atoms with Crippen LogP contribution in [0.15, 0.2) is 78.6 Å². The number of likely N-dealkylation sites (N-methyl/N-ethyl adjacent to an activating group) is 1. The van der Waals surface area contributed by atoms with Crippen LogP contribution >= 0.6 is 0 Å². The lowest BCUT2D eigenvalue weighted by atomic mass is 9.93. The minimum absolute atomic E-state index is 0.0869. The highest BCUT2D eigenvalue weighted by Crippen LogP contribution is 2.35. The van der Waals surface area contributed by atoms with Crippen molar-refractivity contribution in [1.29, 1.82) is 0 Å². The molecule has 1 unspecified atom stereocenters. The van der Waals surface area contributed by atoms with Crippen LogP contribution in [0.4, 0.5) is 5.69 Å². The number of benzene rings is 2. The molecule has 1 aliphatic rings. The van der Waals surface area contributed by atoms with Crippen molar-refractivity contribution in [3.8, 4) is 11.1 Å². The number of aryl methyl sites for hydroxylation is 2. The van der Waals surface area contributed by atoms with Crippen LogP contribution in [0.2, 0.25) is 0 Å². The first-order chi connectivity index (χ1) is 16.9. The van der Waals surface area contributed by atoms with Gasteiger partial charge in [-0.2, -0.15) is 4.31 Å². The Balaban J connectivity index is 1.55. The summed E-state index contributed by atoms with van der Waals surface area (Å²) in [5.74, 6) is 0. The second-order valence-corrected chi connectivity index (χ2v) is 10.9. The first kappa shape index (κ1) is 23.3. The first-order valence-electron chi connectivity index (χ1n) is 11.7. The van der Waals surface area contributed by atoms with Gasteiger partial charge in [-0.05, 0) is 35.2 Å². The summed E-state index contributed by atoms with van der Waals surface area (Å²) in [5.41, 5.74) is 5.61. The lowest BCUT2D eigenvalue weighted by molar-refractivity contribution is 0.319. The van der Waals surface area contributed by atoms with Gasteiger partial charge in [-0.3, -0.25) is 0 Å². The van der Waals surface area contributed by atoms with E-state index < -0.39 is 10.0 Å². The average molecular weight is 491 g/mol. The molecule has 0 saturated carbocycles. The summed E-state index contributed by atoms with van der Waals surface area (Å²) in [4.78, 5) is 10.7. The molecule has 0 saturated heterocycles. The number of aromatic nitrogens is 4. The molecule has 0 bridgehead atoms. The third kappa shape index (κ3) is 4.49. The maximum Gasteiger partial charge on any atom is 0.262 e. The predicted molar refractivity (Wildman–Crippen MR) is 136 cm³/mol. The van der Waals surface area contributed by atoms with Gasteiger partial charge in [0.15, 0.2) is 5.03 Å². The van der Waals surface area contributed by atoms with Crippen molar-refractivity contribution in [1.82, 2.24) is 23.4 Å². The van der Waals surface area contributed by atoms with Crippen molar-refractivity contribution < 1.29 is 8.42 Å². The van der Waals surface area contributed by atoms with E-state index in [1.165, 1.54) is 6.33 Å². The predicted octanol–water partition coefficient (Wildman–Crippen LogP) is 3.46. The fraction of sp³-hybridized carbons (Fsp3) is 0.308. The number of nitrogens with zero attached hydrogens (tertiary/aromatic N) is 6. The summed E-state index contributed by atoms with van der Waals surface area (Å²) in [7, 11) is 0.0257. The number of hydrogen-bond donors (Lipinski definition) is 0. The maximum atomic E-state index is 13.6. The molecular formula is C26H30N6O2S. The van der Waals surface area contributed by atoms with Gasteiger partial charge in [0.25, 0.3) is 10.0 Å². The molecule has 0 amide bonds. The summed E-state index contributed by atoms with van der Waals surface area (Å²) >= 11 is 0. The Morgan fingerprint density at radius 2 is 1.86 bits per heavy atom. The van der Waals surface area contributed by atoms with Crippen molar-refractivity contribution in [2.45, 2.75) is 31.0 Å². The molecule has 4 aromatic rings. The van der Waals surface area contributed by atoms with Crippen molar-refractivity contribution in [2.75, 3.05) is 18.0 Å². The largest absolute Gasteiger partial charge is 0.364 e. The standard InChI is InChI=1S/C26H30N6O2S/c1-4-32(35(33,34)26-17-29(2)19-28-26)23-13-22-12-21(20-8-6-5-7-9-20)10-11-25(22)31(15-23)16-24-14-27-18-30(24)3/h5-12,14,17-19,23H,4,13,15-16H2,1-3H3. The van der Waals surface area contributed by atoms with Crippen LogP contribution in [0.5, 0.6) is 0 Å². The molecule has 5 rings (SSSR count). The topological polar surface area (TPSA) is 76.3 Å². The van der Waals surface area contributed by atoms with Gasteiger partial charge >= 0.3 is 0 Å². The van der Waals surface area contributed by atoms with E-state index in [4.69, 9.17) is 0 Å². The number of hydrogen-bond acceptors (Lipinski definition) is 5. The van der Waals surface area contributed by atoms with E-state index in [0.717, 1.165) is 28.1 Å². The van der Waals surface area contributed by atoms with Gasteiger partial charge in [0, 0.05) is 51.3 Å². The monoisotopic (exact) mass is 490 g/mol. The Kier molecular flexibility index (Phi) is 6.21. The van der Waals surface area contributed by atoms with Crippen LogP contribution in [-0.2, 0) is 37.1 Å². The van der Waals surface area contributed by atoms with Crippen molar-refractivity contribution in [2.24, 2.45) is 14.1 Å². The van der Waals surface area contributed by atoms with Crippen LogP contribution in [0, 0.1) is 0 Å². The Labute approximate surface area is 206 Å². The fourth-order valence-corrected chi connectivity index (χ4v) is 6.47. The van der Waals surface area contributed by atoms with Gasteiger partial charge in [-0.25, -0.2) is 18.4 Å². The smallest absolute Gasteiger partial charge is 0.262 e. The zero-order valence-electron chi connectivity index (χ0n) is 20.2. The summed E-state index contributed by atoms with van der Waals surface area (Å²) in [6, 6.07) is 16.6.